The zero-order valence-corrected chi connectivity index (χ0v) is 13.3. The van der Waals surface area contributed by atoms with Crippen molar-refractivity contribution in [2.45, 2.75) is 58.2 Å². The van der Waals surface area contributed by atoms with E-state index in [1.165, 1.54) is 12.1 Å². The summed E-state index contributed by atoms with van der Waals surface area (Å²) < 4.78 is 26.4. The van der Waals surface area contributed by atoms with E-state index in [4.69, 9.17) is 0 Å². The molecule has 0 aliphatic carbocycles. The van der Waals surface area contributed by atoms with Crippen molar-refractivity contribution in [3.05, 3.63) is 35.4 Å². The molecule has 4 heteroatoms. The zero-order valence-electron chi connectivity index (χ0n) is 13.3. The average Bonchev–Trinajstić information content (AvgIpc) is 2.63. The molecular weight excluding hydrogens is 270 g/mol. The molecule has 2 nitrogen and oxygen atoms in total. The van der Waals surface area contributed by atoms with E-state index in [9.17, 15) is 8.78 Å². The van der Waals surface area contributed by atoms with Gasteiger partial charge >= 0.3 is 0 Å². The first-order valence-electron chi connectivity index (χ1n) is 7.92. The molecule has 1 saturated heterocycles. The van der Waals surface area contributed by atoms with Gasteiger partial charge in [0.05, 0.1) is 0 Å². The van der Waals surface area contributed by atoms with Gasteiger partial charge < -0.3 is 5.32 Å². The highest BCUT2D eigenvalue weighted by Gasteiger charge is 2.32. The number of nitrogens with one attached hydrogen (secondary N) is 1. The molecule has 21 heavy (non-hydrogen) atoms. The molecule has 1 aliphatic heterocycles. The molecule has 0 saturated carbocycles. The van der Waals surface area contributed by atoms with Crippen molar-refractivity contribution in [2.75, 3.05) is 13.1 Å². The summed E-state index contributed by atoms with van der Waals surface area (Å²) in [6, 6.07) is 4.66. The van der Waals surface area contributed by atoms with Crippen LogP contribution in [-0.4, -0.2) is 29.6 Å². The summed E-state index contributed by atoms with van der Waals surface area (Å²) >= 11 is 0. The zero-order chi connectivity index (χ0) is 15.5. The Bertz CT molecular complexity index is 472. The van der Waals surface area contributed by atoms with E-state index in [1.807, 2.05) is 0 Å². The minimum atomic E-state index is -0.777. The predicted molar refractivity (Wildman–Crippen MR) is 82.2 cm³/mol. The molecule has 2 rings (SSSR count). The number of benzene rings is 1. The fourth-order valence-electron chi connectivity index (χ4n) is 3.14. The van der Waals surface area contributed by atoms with E-state index in [0.717, 1.165) is 37.9 Å². The molecule has 1 fully saturated rings. The Labute approximate surface area is 126 Å². The lowest BCUT2D eigenvalue weighted by Gasteiger charge is -2.37. The van der Waals surface area contributed by atoms with E-state index in [1.54, 1.807) is 6.07 Å². The quantitative estimate of drug-likeness (QED) is 0.911. The molecule has 0 spiro atoms. The molecule has 0 amide bonds. The summed E-state index contributed by atoms with van der Waals surface area (Å²) in [6.07, 6.45) is 3.22. The van der Waals surface area contributed by atoms with Gasteiger partial charge in [-0.2, -0.15) is 0 Å². The number of hydrogen-bond acceptors (Lipinski definition) is 2. The molecule has 0 bridgehead atoms. The molecule has 1 aromatic rings. The SMILES string of the molecule is CCC1(CC)CN(Cc2ccc(F)c(F)c2)C(C)CCN1. The third kappa shape index (κ3) is 3.80. The third-order valence-corrected chi connectivity index (χ3v) is 4.91. The first-order valence-corrected chi connectivity index (χ1v) is 7.92. The van der Waals surface area contributed by atoms with Crippen LogP contribution < -0.4 is 5.32 Å². The lowest BCUT2D eigenvalue weighted by Crippen LogP contribution is -2.51. The van der Waals surface area contributed by atoms with E-state index in [2.05, 4.69) is 31.0 Å². The van der Waals surface area contributed by atoms with Gasteiger partial charge in [0.2, 0.25) is 0 Å². The molecule has 0 aromatic heterocycles. The minimum Gasteiger partial charge on any atom is -0.310 e. The summed E-state index contributed by atoms with van der Waals surface area (Å²) in [5, 5.41) is 3.69. The van der Waals surface area contributed by atoms with Crippen molar-refractivity contribution in [1.29, 1.82) is 0 Å². The third-order valence-electron chi connectivity index (χ3n) is 4.91. The second-order valence-corrected chi connectivity index (χ2v) is 6.21. The molecule has 1 aromatic carbocycles. The molecule has 118 valence electrons. The van der Waals surface area contributed by atoms with Gasteiger partial charge in [-0.05, 0) is 50.4 Å². The standard InChI is InChI=1S/C17H26F2N2/c1-4-17(5-2)12-21(13(3)8-9-20-17)11-14-6-7-15(18)16(19)10-14/h6-7,10,13,20H,4-5,8-9,11-12H2,1-3H3. The van der Waals surface area contributed by atoms with Crippen molar-refractivity contribution in [2.24, 2.45) is 0 Å². The Hall–Kier alpha value is -1.00. The van der Waals surface area contributed by atoms with Crippen molar-refractivity contribution in [3.8, 4) is 0 Å². The maximum Gasteiger partial charge on any atom is 0.159 e. The van der Waals surface area contributed by atoms with Crippen LogP contribution in [0.25, 0.3) is 0 Å². The largest absolute Gasteiger partial charge is 0.310 e. The van der Waals surface area contributed by atoms with Crippen LogP contribution in [0.2, 0.25) is 0 Å². The Morgan fingerprint density at radius 3 is 2.57 bits per heavy atom. The van der Waals surface area contributed by atoms with Crippen LogP contribution in [0, 0.1) is 11.6 Å². The topological polar surface area (TPSA) is 15.3 Å². The van der Waals surface area contributed by atoms with Gasteiger partial charge in [-0.15, -0.1) is 0 Å². The fourth-order valence-corrected chi connectivity index (χ4v) is 3.14. The predicted octanol–water partition coefficient (Wildman–Crippen LogP) is 3.71. The normalized spacial score (nSPS) is 23.0. The molecule has 1 N–H and O–H groups in total. The van der Waals surface area contributed by atoms with Crippen LogP contribution in [0.3, 0.4) is 0 Å². The average molecular weight is 296 g/mol. The van der Waals surface area contributed by atoms with Gasteiger partial charge in [-0.1, -0.05) is 19.9 Å². The van der Waals surface area contributed by atoms with Crippen molar-refractivity contribution in [3.63, 3.8) is 0 Å². The molecule has 1 heterocycles. The smallest absolute Gasteiger partial charge is 0.159 e. The van der Waals surface area contributed by atoms with Gasteiger partial charge in [0.15, 0.2) is 11.6 Å². The monoisotopic (exact) mass is 296 g/mol. The maximum atomic E-state index is 13.4. The number of hydrogen-bond donors (Lipinski definition) is 1. The van der Waals surface area contributed by atoms with Crippen LogP contribution >= 0.6 is 0 Å². The Kier molecular flexibility index (Phi) is 5.33. The van der Waals surface area contributed by atoms with Crippen LogP contribution in [0.15, 0.2) is 18.2 Å². The lowest BCUT2D eigenvalue weighted by atomic mass is 9.92. The second-order valence-electron chi connectivity index (χ2n) is 6.21. The Morgan fingerprint density at radius 2 is 1.95 bits per heavy atom. The summed E-state index contributed by atoms with van der Waals surface area (Å²) in [5.74, 6) is -1.54. The minimum absolute atomic E-state index is 0.128. The van der Waals surface area contributed by atoms with Crippen LogP contribution in [0.1, 0.15) is 45.6 Å². The van der Waals surface area contributed by atoms with Crippen LogP contribution in [0.4, 0.5) is 8.78 Å². The van der Waals surface area contributed by atoms with Crippen LogP contribution in [0.5, 0.6) is 0 Å². The Morgan fingerprint density at radius 1 is 1.24 bits per heavy atom. The summed E-state index contributed by atoms with van der Waals surface area (Å²) in [6.45, 7) is 9.26. The molecule has 0 radical (unpaired) electrons. The van der Waals surface area contributed by atoms with Gasteiger partial charge in [0.25, 0.3) is 0 Å². The van der Waals surface area contributed by atoms with E-state index in [0.29, 0.717) is 12.6 Å². The number of rotatable bonds is 4. The highest BCUT2D eigenvalue weighted by Crippen LogP contribution is 2.24. The number of halogens is 2. The lowest BCUT2D eigenvalue weighted by molar-refractivity contribution is 0.152. The first-order chi connectivity index (χ1) is 9.99. The Balaban J connectivity index is 2.16. The molecule has 1 aliphatic rings. The molecular formula is C17H26F2N2. The highest BCUT2D eigenvalue weighted by atomic mass is 19.2. The summed E-state index contributed by atoms with van der Waals surface area (Å²) in [7, 11) is 0. The second kappa shape index (κ2) is 6.84. The van der Waals surface area contributed by atoms with E-state index in [-0.39, 0.29) is 5.54 Å². The van der Waals surface area contributed by atoms with E-state index >= 15 is 0 Å². The van der Waals surface area contributed by atoms with Crippen molar-refractivity contribution < 1.29 is 8.78 Å². The van der Waals surface area contributed by atoms with Crippen LogP contribution in [-0.2, 0) is 6.54 Å². The first kappa shape index (κ1) is 16.4. The van der Waals surface area contributed by atoms with Gasteiger partial charge in [-0.25, -0.2) is 8.78 Å². The maximum absolute atomic E-state index is 13.4. The van der Waals surface area contributed by atoms with Crippen molar-refractivity contribution >= 4 is 0 Å². The van der Waals surface area contributed by atoms with Gasteiger partial charge in [0, 0.05) is 24.7 Å². The fraction of sp³-hybridized carbons (Fsp3) is 0.647. The van der Waals surface area contributed by atoms with Gasteiger partial charge in [0.1, 0.15) is 0 Å². The molecule has 1 atom stereocenters. The summed E-state index contributed by atoms with van der Waals surface area (Å²) in [5.41, 5.74) is 0.965. The summed E-state index contributed by atoms with van der Waals surface area (Å²) in [4.78, 5) is 2.39. The van der Waals surface area contributed by atoms with Crippen molar-refractivity contribution in [1.82, 2.24) is 10.2 Å². The highest BCUT2D eigenvalue weighted by molar-refractivity contribution is 5.18. The number of nitrogens with zero attached hydrogens (tertiary/aromatic N) is 1. The molecule has 1 unspecified atom stereocenters. The van der Waals surface area contributed by atoms with E-state index < -0.39 is 11.6 Å². The van der Waals surface area contributed by atoms with Gasteiger partial charge in [-0.3, -0.25) is 4.90 Å².